The minimum absolute atomic E-state index is 0. The molecule has 0 aromatic carbocycles. The number of hydrogen-bond donors (Lipinski definition) is 2. The third-order valence-electron chi connectivity index (χ3n) is 3.17. The zero-order valence-electron chi connectivity index (χ0n) is 13.8. The first-order valence-corrected chi connectivity index (χ1v) is 7.17. The van der Waals surface area contributed by atoms with Crippen LogP contribution in [0.1, 0.15) is 44.5 Å². The summed E-state index contributed by atoms with van der Waals surface area (Å²) in [5, 5.41) is 2.89. The van der Waals surface area contributed by atoms with Crippen molar-refractivity contribution in [2.45, 2.75) is 39.7 Å². The molecule has 0 spiro atoms. The standard InChI is InChI=1S/C15H26N4O.2ClH/c1-5-9-19(6-2)13-8-7-12(10-17-13)14(20)18-15(3,4)11-16;;/h7-8,10H,5-6,9,11,16H2,1-4H3,(H,18,20);2*1H. The second kappa shape index (κ2) is 10.6. The maximum Gasteiger partial charge on any atom is 0.253 e. The summed E-state index contributed by atoms with van der Waals surface area (Å²) >= 11 is 0. The molecule has 1 rings (SSSR count). The highest BCUT2D eigenvalue weighted by molar-refractivity contribution is 5.94. The van der Waals surface area contributed by atoms with Crippen molar-refractivity contribution >= 4 is 36.5 Å². The number of pyridine rings is 1. The molecule has 0 bridgehead atoms. The van der Waals surface area contributed by atoms with E-state index in [4.69, 9.17) is 5.73 Å². The maximum absolute atomic E-state index is 12.1. The molecule has 0 unspecified atom stereocenters. The zero-order valence-corrected chi connectivity index (χ0v) is 15.4. The molecule has 128 valence electrons. The molecule has 0 saturated heterocycles. The zero-order chi connectivity index (χ0) is 15.2. The van der Waals surface area contributed by atoms with Gasteiger partial charge in [0.1, 0.15) is 5.82 Å². The predicted molar refractivity (Wildman–Crippen MR) is 97.5 cm³/mol. The lowest BCUT2D eigenvalue weighted by Gasteiger charge is -2.24. The lowest BCUT2D eigenvalue weighted by molar-refractivity contribution is 0.0915. The van der Waals surface area contributed by atoms with Crippen LogP contribution in [0.4, 0.5) is 5.82 Å². The molecule has 22 heavy (non-hydrogen) atoms. The van der Waals surface area contributed by atoms with Gasteiger partial charge >= 0.3 is 0 Å². The van der Waals surface area contributed by atoms with Crippen molar-refractivity contribution in [3.05, 3.63) is 23.9 Å². The van der Waals surface area contributed by atoms with Crippen LogP contribution in [0.15, 0.2) is 18.3 Å². The lowest BCUT2D eigenvalue weighted by Crippen LogP contribution is -2.48. The van der Waals surface area contributed by atoms with Crippen molar-refractivity contribution < 1.29 is 4.79 Å². The van der Waals surface area contributed by atoms with Gasteiger partial charge in [0.05, 0.1) is 5.56 Å². The largest absolute Gasteiger partial charge is 0.357 e. The molecule has 1 amide bonds. The summed E-state index contributed by atoms with van der Waals surface area (Å²) < 4.78 is 0. The number of carbonyl (C=O) groups is 1. The van der Waals surface area contributed by atoms with Crippen molar-refractivity contribution in [2.75, 3.05) is 24.5 Å². The van der Waals surface area contributed by atoms with Gasteiger partial charge in [-0.25, -0.2) is 4.98 Å². The Kier molecular flexibility index (Phi) is 11.2. The van der Waals surface area contributed by atoms with E-state index in [2.05, 4.69) is 29.0 Å². The molecule has 0 aliphatic rings. The van der Waals surface area contributed by atoms with Crippen molar-refractivity contribution in [1.29, 1.82) is 0 Å². The Morgan fingerprint density at radius 3 is 2.36 bits per heavy atom. The van der Waals surface area contributed by atoms with Crippen LogP contribution in [-0.2, 0) is 0 Å². The molecule has 5 nitrogen and oxygen atoms in total. The Morgan fingerprint density at radius 2 is 1.95 bits per heavy atom. The van der Waals surface area contributed by atoms with Crippen molar-refractivity contribution in [2.24, 2.45) is 5.73 Å². The first-order valence-electron chi connectivity index (χ1n) is 7.17. The minimum atomic E-state index is -0.409. The van der Waals surface area contributed by atoms with Gasteiger partial charge in [0.2, 0.25) is 0 Å². The first-order chi connectivity index (χ1) is 9.43. The molecule has 1 aromatic heterocycles. The van der Waals surface area contributed by atoms with Gasteiger partial charge in [0.25, 0.3) is 5.91 Å². The molecular weight excluding hydrogens is 323 g/mol. The Bertz CT molecular complexity index is 438. The number of amides is 1. The number of carbonyl (C=O) groups excluding carboxylic acids is 1. The van der Waals surface area contributed by atoms with Gasteiger partial charge in [-0.1, -0.05) is 6.92 Å². The van der Waals surface area contributed by atoms with E-state index >= 15 is 0 Å². The Morgan fingerprint density at radius 1 is 1.32 bits per heavy atom. The van der Waals surface area contributed by atoms with Gasteiger partial charge in [0.15, 0.2) is 0 Å². The van der Waals surface area contributed by atoms with Crippen LogP contribution in [0.5, 0.6) is 0 Å². The number of hydrogen-bond acceptors (Lipinski definition) is 4. The first kappa shape index (κ1) is 23.2. The summed E-state index contributed by atoms with van der Waals surface area (Å²) in [6.07, 6.45) is 2.69. The van der Waals surface area contributed by atoms with Gasteiger partial charge < -0.3 is 16.0 Å². The topological polar surface area (TPSA) is 71.2 Å². The van der Waals surface area contributed by atoms with Gasteiger partial charge in [0, 0.05) is 31.4 Å². The Hall–Kier alpha value is -1.04. The Balaban J connectivity index is 0. The number of anilines is 1. The third-order valence-corrected chi connectivity index (χ3v) is 3.17. The highest BCUT2D eigenvalue weighted by Gasteiger charge is 2.19. The monoisotopic (exact) mass is 350 g/mol. The molecule has 1 aromatic rings. The quantitative estimate of drug-likeness (QED) is 0.792. The summed E-state index contributed by atoms with van der Waals surface area (Å²) in [6, 6.07) is 3.70. The van der Waals surface area contributed by atoms with E-state index in [0.29, 0.717) is 12.1 Å². The summed E-state index contributed by atoms with van der Waals surface area (Å²) in [7, 11) is 0. The van der Waals surface area contributed by atoms with Gasteiger partial charge in [-0.15, -0.1) is 24.8 Å². The van der Waals surface area contributed by atoms with Crippen LogP contribution >= 0.6 is 24.8 Å². The van der Waals surface area contributed by atoms with E-state index in [-0.39, 0.29) is 30.7 Å². The van der Waals surface area contributed by atoms with Gasteiger partial charge in [-0.2, -0.15) is 0 Å². The molecule has 0 fully saturated rings. The van der Waals surface area contributed by atoms with E-state index in [1.54, 1.807) is 6.20 Å². The fourth-order valence-corrected chi connectivity index (χ4v) is 1.84. The van der Waals surface area contributed by atoms with Crippen LogP contribution in [0.3, 0.4) is 0 Å². The number of aromatic nitrogens is 1. The summed E-state index contributed by atoms with van der Waals surface area (Å²) in [6.45, 7) is 10.3. The molecule has 0 radical (unpaired) electrons. The van der Waals surface area contributed by atoms with Crippen LogP contribution in [0.2, 0.25) is 0 Å². The third kappa shape index (κ3) is 6.81. The van der Waals surface area contributed by atoms with Crippen molar-refractivity contribution in [3.63, 3.8) is 0 Å². The summed E-state index contributed by atoms with van der Waals surface area (Å²) in [4.78, 5) is 18.6. The van der Waals surface area contributed by atoms with Crippen LogP contribution in [0, 0.1) is 0 Å². The minimum Gasteiger partial charge on any atom is -0.357 e. The average Bonchev–Trinajstić information content (AvgIpc) is 2.44. The van der Waals surface area contributed by atoms with Gasteiger partial charge in [-0.3, -0.25) is 4.79 Å². The fraction of sp³-hybridized carbons (Fsp3) is 0.600. The molecule has 0 atom stereocenters. The van der Waals surface area contributed by atoms with E-state index in [1.807, 2.05) is 26.0 Å². The van der Waals surface area contributed by atoms with Crippen molar-refractivity contribution in [1.82, 2.24) is 10.3 Å². The molecule has 0 aliphatic heterocycles. The van der Waals surface area contributed by atoms with Crippen LogP contribution < -0.4 is 16.0 Å². The molecule has 0 saturated carbocycles. The molecule has 1 heterocycles. The summed E-state index contributed by atoms with van der Waals surface area (Å²) in [5.41, 5.74) is 5.76. The van der Waals surface area contributed by atoms with Crippen LogP contribution in [-0.4, -0.2) is 36.1 Å². The molecule has 7 heteroatoms. The average molecular weight is 351 g/mol. The lowest BCUT2D eigenvalue weighted by atomic mass is 10.1. The number of halogens is 2. The number of rotatable bonds is 7. The van der Waals surface area contributed by atoms with Gasteiger partial charge in [-0.05, 0) is 39.3 Å². The fourth-order valence-electron chi connectivity index (χ4n) is 1.84. The summed E-state index contributed by atoms with van der Waals surface area (Å²) in [5.74, 6) is 0.766. The highest BCUT2D eigenvalue weighted by atomic mass is 35.5. The molecule has 3 N–H and O–H groups in total. The van der Waals surface area contributed by atoms with E-state index < -0.39 is 5.54 Å². The van der Waals surface area contributed by atoms with Crippen LogP contribution in [0.25, 0.3) is 0 Å². The Labute approximate surface area is 145 Å². The number of nitrogens with one attached hydrogen (secondary N) is 1. The molecule has 0 aliphatic carbocycles. The highest BCUT2D eigenvalue weighted by Crippen LogP contribution is 2.12. The normalized spacial score (nSPS) is 10.2. The second-order valence-corrected chi connectivity index (χ2v) is 5.53. The van der Waals surface area contributed by atoms with E-state index in [9.17, 15) is 4.79 Å². The maximum atomic E-state index is 12.1. The van der Waals surface area contributed by atoms with E-state index in [1.165, 1.54) is 0 Å². The van der Waals surface area contributed by atoms with E-state index in [0.717, 1.165) is 25.3 Å². The predicted octanol–water partition coefficient (Wildman–Crippen LogP) is 2.63. The van der Waals surface area contributed by atoms with Crippen molar-refractivity contribution in [3.8, 4) is 0 Å². The smallest absolute Gasteiger partial charge is 0.253 e. The number of nitrogens with two attached hydrogens (primary N) is 1. The number of nitrogens with zero attached hydrogens (tertiary/aromatic N) is 2. The molecular formula is C15H28Cl2N4O. The SMILES string of the molecule is CCCN(CC)c1ccc(C(=O)NC(C)(C)CN)cn1.Cl.Cl. The second-order valence-electron chi connectivity index (χ2n) is 5.53.